The molecule has 0 heterocycles. The molecule has 0 radical (unpaired) electrons. The van der Waals surface area contributed by atoms with Gasteiger partial charge in [0.25, 0.3) is 0 Å². The van der Waals surface area contributed by atoms with Crippen LogP contribution in [0.5, 0.6) is 0 Å². The molecule has 1 saturated carbocycles. The molecule has 0 amide bonds. The lowest BCUT2D eigenvalue weighted by Gasteiger charge is -2.33. The Bertz CT molecular complexity index is 325. The van der Waals surface area contributed by atoms with E-state index in [0.717, 1.165) is 32.2 Å². The minimum Gasteiger partial charge on any atom is -0.465 e. The van der Waals surface area contributed by atoms with Crippen LogP contribution in [-0.4, -0.2) is 62.4 Å². The molecule has 0 spiro atoms. The van der Waals surface area contributed by atoms with Gasteiger partial charge in [0, 0.05) is 19.2 Å². The predicted molar refractivity (Wildman–Crippen MR) is 84.4 cm³/mol. The zero-order valence-corrected chi connectivity index (χ0v) is 14.3. The molecule has 5 nitrogen and oxygen atoms in total. The van der Waals surface area contributed by atoms with E-state index >= 15 is 0 Å². The zero-order valence-electron chi connectivity index (χ0n) is 14.3. The van der Waals surface area contributed by atoms with Gasteiger partial charge in [0.2, 0.25) is 0 Å². The third-order valence-electron chi connectivity index (χ3n) is 4.55. The normalized spacial score (nSPS) is 27.0. The van der Waals surface area contributed by atoms with Crippen LogP contribution in [-0.2, 0) is 14.3 Å². The zero-order chi connectivity index (χ0) is 15.9. The van der Waals surface area contributed by atoms with Gasteiger partial charge < -0.3 is 14.8 Å². The molecule has 0 aromatic carbocycles. The number of carbonyl (C=O) groups is 1. The summed E-state index contributed by atoms with van der Waals surface area (Å²) in [4.78, 5) is 14.7. The fraction of sp³-hybridized carbons (Fsp3) is 0.938. The van der Waals surface area contributed by atoms with Gasteiger partial charge in [0.05, 0.1) is 13.2 Å². The van der Waals surface area contributed by atoms with Crippen molar-refractivity contribution in [3.63, 3.8) is 0 Å². The number of ether oxygens (including phenoxy) is 2. The molecule has 0 saturated heterocycles. The van der Waals surface area contributed by atoms with Gasteiger partial charge in [-0.1, -0.05) is 6.92 Å². The molecule has 0 aliphatic heterocycles. The average molecular weight is 300 g/mol. The van der Waals surface area contributed by atoms with Crippen LogP contribution in [0.25, 0.3) is 0 Å². The summed E-state index contributed by atoms with van der Waals surface area (Å²) in [5, 5.41) is 3.45. The Balaban J connectivity index is 2.73. The van der Waals surface area contributed by atoms with Crippen molar-refractivity contribution in [1.29, 1.82) is 0 Å². The first-order chi connectivity index (χ1) is 10.0. The molecular weight excluding hydrogens is 268 g/mol. The van der Waals surface area contributed by atoms with Gasteiger partial charge in [0.15, 0.2) is 0 Å². The van der Waals surface area contributed by atoms with Crippen molar-refractivity contribution in [2.75, 3.05) is 33.9 Å². The fourth-order valence-electron chi connectivity index (χ4n) is 3.14. The Morgan fingerprint density at radius 3 is 2.76 bits per heavy atom. The summed E-state index contributed by atoms with van der Waals surface area (Å²) in [6, 6.07) is 0.744. The minimum absolute atomic E-state index is 0.0891. The first kappa shape index (κ1) is 18.4. The van der Waals surface area contributed by atoms with Crippen molar-refractivity contribution in [3.8, 4) is 0 Å². The second-order valence-electron chi connectivity index (χ2n) is 6.10. The largest absolute Gasteiger partial charge is 0.465 e. The predicted octanol–water partition coefficient (Wildman–Crippen LogP) is 1.81. The second kappa shape index (κ2) is 8.71. The molecule has 3 unspecified atom stereocenters. The van der Waals surface area contributed by atoms with Crippen molar-refractivity contribution >= 4 is 5.97 Å². The van der Waals surface area contributed by atoms with Crippen molar-refractivity contribution in [3.05, 3.63) is 0 Å². The van der Waals surface area contributed by atoms with Gasteiger partial charge in [-0.2, -0.15) is 0 Å². The lowest BCUT2D eigenvalue weighted by Crippen LogP contribution is -2.53. The van der Waals surface area contributed by atoms with Crippen molar-refractivity contribution in [2.24, 2.45) is 0 Å². The highest BCUT2D eigenvalue weighted by Crippen LogP contribution is 2.34. The standard InChI is InChI=1S/C16H32N2O3/c1-6-10-17-16(15(19)21-7-2)9-8-14(11-16)18(4)13(3)12-20-5/h13-14,17H,6-12H2,1-5H3. The maximum Gasteiger partial charge on any atom is 0.326 e. The van der Waals surface area contributed by atoms with E-state index in [4.69, 9.17) is 9.47 Å². The molecule has 124 valence electrons. The maximum absolute atomic E-state index is 12.4. The molecule has 1 rings (SSSR count). The number of nitrogens with one attached hydrogen (secondary N) is 1. The third kappa shape index (κ3) is 4.66. The smallest absolute Gasteiger partial charge is 0.326 e. The monoisotopic (exact) mass is 300 g/mol. The lowest BCUT2D eigenvalue weighted by molar-refractivity contribution is -0.151. The van der Waals surface area contributed by atoms with Crippen LogP contribution in [0.3, 0.4) is 0 Å². The summed E-state index contributed by atoms with van der Waals surface area (Å²) in [5.41, 5.74) is -0.502. The highest BCUT2D eigenvalue weighted by molar-refractivity contribution is 5.81. The van der Waals surface area contributed by atoms with Gasteiger partial charge in [-0.05, 0) is 53.1 Å². The van der Waals surface area contributed by atoms with Crippen LogP contribution >= 0.6 is 0 Å². The molecule has 21 heavy (non-hydrogen) atoms. The summed E-state index contributed by atoms with van der Waals surface area (Å²) in [6.07, 6.45) is 3.69. The van der Waals surface area contributed by atoms with E-state index in [0.29, 0.717) is 25.3 Å². The molecule has 0 aromatic rings. The summed E-state index contributed by atoms with van der Waals surface area (Å²) in [6.45, 7) is 8.14. The summed E-state index contributed by atoms with van der Waals surface area (Å²) >= 11 is 0. The van der Waals surface area contributed by atoms with Crippen molar-refractivity contribution in [2.45, 2.75) is 64.1 Å². The number of carbonyl (C=O) groups excluding carboxylic acids is 1. The Hall–Kier alpha value is -0.650. The topological polar surface area (TPSA) is 50.8 Å². The number of methoxy groups -OCH3 is 1. The Morgan fingerprint density at radius 1 is 1.48 bits per heavy atom. The fourth-order valence-corrected chi connectivity index (χ4v) is 3.14. The Morgan fingerprint density at radius 2 is 2.19 bits per heavy atom. The molecule has 1 aliphatic rings. The van der Waals surface area contributed by atoms with Crippen molar-refractivity contribution < 1.29 is 14.3 Å². The number of rotatable bonds is 9. The van der Waals surface area contributed by atoms with E-state index in [1.807, 2.05) is 6.92 Å². The number of esters is 1. The second-order valence-corrected chi connectivity index (χ2v) is 6.10. The van der Waals surface area contributed by atoms with Crippen LogP contribution in [0.2, 0.25) is 0 Å². The first-order valence-electron chi connectivity index (χ1n) is 8.13. The van der Waals surface area contributed by atoms with Crippen LogP contribution in [0.15, 0.2) is 0 Å². The Kier molecular flexibility index (Phi) is 7.63. The van der Waals surface area contributed by atoms with E-state index in [1.54, 1.807) is 7.11 Å². The van der Waals surface area contributed by atoms with Gasteiger partial charge in [-0.3, -0.25) is 9.69 Å². The first-order valence-corrected chi connectivity index (χ1v) is 8.13. The number of nitrogens with zero attached hydrogens (tertiary/aromatic N) is 1. The molecular formula is C16H32N2O3. The lowest BCUT2D eigenvalue weighted by atomic mass is 9.96. The highest BCUT2D eigenvalue weighted by Gasteiger charge is 2.47. The van der Waals surface area contributed by atoms with E-state index in [2.05, 4.69) is 31.1 Å². The van der Waals surface area contributed by atoms with E-state index in [1.165, 1.54) is 0 Å². The van der Waals surface area contributed by atoms with Gasteiger partial charge >= 0.3 is 5.97 Å². The molecule has 1 fully saturated rings. The molecule has 0 aromatic heterocycles. The van der Waals surface area contributed by atoms with Gasteiger partial charge in [0.1, 0.15) is 5.54 Å². The highest BCUT2D eigenvalue weighted by atomic mass is 16.5. The van der Waals surface area contributed by atoms with Crippen LogP contribution in [0.1, 0.15) is 46.5 Å². The summed E-state index contributed by atoms with van der Waals surface area (Å²) < 4.78 is 10.6. The van der Waals surface area contributed by atoms with Crippen LogP contribution in [0.4, 0.5) is 0 Å². The average Bonchev–Trinajstić information content (AvgIpc) is 2.90. The number of likely N-dealkylation sites (N-methyl/N-ethyl adjacent to an activating group) is 1. The van der Waals surface area contributed by atoms with Crippen LogP contribution < -0.4 is 5.32 Å². The molecule has 1 N–H and O–H groups in total. The summed E-state index contributed by atoms with van der Waals surface area (Å²) in [7, 11) is 3.85. The molecule has 3 atom stereocenters. The summed E-state index contributed by atoms with van der Waals surface area (Å²) in [5.74, 6) is -0.0891. The SMILES string of the molecule is CCCNC1(C(=O)OCC)CCC(N(C)C(C)COC)C1. The molecule has 1 aliphatic carbocycles. The minimum atomic E-state index is -0.502. The van der Waals surface area contributed by atoms with Gasteiger partial charge in [-0.15, -0.1) is 0 Å². The van der Waals surface area contributed by atoms with Crippen LogP contribution in [0, 0.1) is 0 Å². The van der Waals surface area contributed by atoms with Crippen molar-refractivity contribution in [1.82, 2.24) is 10.2 Å². The third-order valence-corrected chi connectivity index (χ3v) is 4.55. The van der Waals surface area contributed by atoms with Gasteiger partial charge in [-0.25, -0.2) is 0 Å². The number of hydrogen-bond acceptors (Lipinski definition) is 5. The maximum atomic E-state index is 12.4. The molecule has 5 heteroatoms. The number of hydrogen-bond donors (Lipinski definition) is 1. The molecule has 0 bridgehead atoms. The van der Waals surface area contributed by atoms with E-state index in [-0.39, 0.29) is 5.97 Å². The van der Waals surface area contributed by atoms with E-state index in [9.17, 15) is 4.79 Å². The quantitative estimate of drug-likeness (QED) is 0.658. The van der Waals surface area contributed by atoms with E-state index < -0.39 is 5.54 Å². The Labute approximate surface area is 129 Å².